The van der Waals surface area contributed by atoms with Crippen molar-refractivity contribution in [3.05, 3.63) is 0 Å². The Hall–Kier alpha value is -0.120. The van der Waals surface area contributed by atoms with Gasteiger partial charge in [0.1, 0.15) is 0 Å². The zero-order valence-electron chi connectivity index (χ0n) is 13.8. The van der Waals surface area contributed by atoms with E-state index in [0.717, 1.165) is 32.8 Å². The molecule has 0 bridgehead atoms. The average Bonchev–Trinajstić information content (AvgIpc) is 2.44. The van der Waals surface area contributed by atoms with E-state index in [0.29, 0.717) is 5.54 Å². The molecule has 1 aliphatic carbocycles. The summed E-state index contributed by atoms with van der Waals surface area (Å²) in [5.74, 6) is 0. The van der Waals surface area contributed by atoms with Gasteiger partial charge in [-0.05, 0) is 33.1 Å². The van der Waals surface area contributed by atoms with Crippen molar-refractivity contribution in [3.63, 3.8) is 0 Å². The fourth-order valence-corrected chi connectivity index (χ4v) is 3.76. The zero-order chi connectivity index (χ0) is 14.5. The van der Waals surface area contributed by atoms with Crippen molar-refractivity contribution in [3.8, 4) is 0 Å². The Kier molecular flexibility index (Phi) is 5.88. The minimum Gasteiger partial charge on any atom is -0.380 e. The van der Waals surface area contributed by atoms with Crippen LogP contribution in [0, 0.1) is 0 Å². The molecule has 118 valence electrons. The highest BCUT2D eigenvalue weighted by Crippen LogP contribution is 2.36. The van der Waals surface area contributed by atoms with E-state index in [1.807, 2.05) is 0 Å². The predicted molar refractivity (Wildman–Crippen MR) is 85.2 cm³/mol. The van der Waals surface area contributed by atoms with Gasteiger partial charge in [-0.15, -0.1) is 0 Å². The van der Waals surface area contributed by atoms with Gasteiger partial charge in [-0.1, -0.05) is 32.6 Å². The van der Waals surface area contributed by atoms with Crippen LogP contribution in [0.1, 0.15) is 65.7 Å². The summed E-state index contributed by atoms with van der Waals surface area (Å²) in [4.78, 5) is 2.74. The molecule has 0 aromatic rings. The van der Waals surface area contributed by atoms with Crippen LogP contribution >= 0.6 is 0 Å². The molecule has 0 aromatic heterocycles. The SMILES string of the molecule is CCCCOCCN1CC(C)(C)NCC12CCCCC2. The Bertz CT molecular complexity index is 285. The van der Waals surface area contributed by atoms with Gasteiger partial charge >= 0.3 is 0 Å². The van der Waals surface area contributed by atoms with E-state index in [2.05, 4.69) is 31.0 Å². The molecule has 1 N–H and O–H groups in total. The number of hydrogen-bond donors (Lipinski definition) is 1. The lowest BCUT2D eigenvalue weighted by atomic mass is 9.77. The Labute approximate surface area is 125 Å². The first-order chi connectivity index (χ1) is 9.58. The third kappa shape index (κ3) is 4.19. The molecule has 1 saturated carbocycles. The lowest BCUT2D eigenvalue weighted by Crippen LogP contribution is -2.69. The molecule has 2 aliphatic rings. The Morgan fingerprint density at radius 3 is 2.55 bits per heavy atom. The first-order valence-electron chi connectivity index (χ1n) is 8.66. The molecule has 0 unspecified atom stereocenters. The van der Waals surface area contributed by atoms with E-state index in [-0.39, 0.29) is 5.54 Å². The third-order valence-electron chi connectivity index (χ3n) is 5.09. The second-order valence-electron chi connectivity index (χ2n) is 7.41. The Morgan fingerprint density at radius 1 is 1.10 bits per heavy atom. The Balaban J connectivity index is 1.88. The molecule has 0 radical (unpaired) electrons. The maximum absolute atomic E-state index is 5.82. The lowest BCUT2D eigenvalue weighted by Gasteiger charge is -2.54. The largest absolute Gasteiger partial charge is 0.380 e. The quantitative estimate of drug-likeness (QED) is 0.757. The van der Waals surface area contributed by atoms with Crippen molar-refractivity contribution in [2.75, 3.05) is 32.8 Å². The molecule has 1 heterocycles. The highest BCUT2D eigenvalue weighted by Gasteiger charge is 2.44. The molecular formula is C17H34N2O. The summed E-state index contributed by atoms with van der Waals surface area (Å²) in [5.41, 5.74) is 0.661. The highest BCUT2D eigenvalue weighted by atomic mass is 16.5. The molecule has 1 saturated heterocycles. The van der Waals surface area contributed by atoms with Gasteiger partial charge in [-0.25, -0.2) is 0 Å². The van der Waals surface area contributed by atoms with Crippen molar-refractivity contribution in [2.45, 2.75) is 76.8 Å². The van der Waals surface area contributed by atoms with Crippen molar-refractivity contribution >= 4 is 0 Å². The first-order valence-corrected chi connectivity index (χ1v) is 8.66. The second-order valence-corrected chi connectivity index (χ2v) is 7.41. The molecule has 2 rings (SSSR count). The molecule has 2 fully saturated rings. The minimum absolute atomic E-state index is 0.242. The fourth-order valence-electron chi connectivity index (χ4n) is 3.76. The van der Waals surface area contributed by atoms with Crippen LogP contribution in [0.2, 0.25) is 0 Å². The molecule has 0 amide bonds. The third-order valence-corrected chi connectivity index (χ3v) is 5.09. The van der Waals surface area contributed by atoms with E-state index in [1.165, 1.54) is 44.9 Å². The van der Waals surface area contributed by atoms with Crippen molar-refractivity contribution in [1.82, 2.24) is 10.2 Å². The van der Waals surface area contributed by atoms with Crippen LogP contribution in [0.15, 0.2) is 0 Å². The van der Waals surface area contributed by atoms with Crippen LogP contribution in [-0.4, -0.2) is 48.8 Å². The zero-order valence-corrected chi connectivity index (χ0v) is 13.8. The number of ether oxygens (including phenoxy) is 1. The number of nitrogens with zero attached hydrogens (tertiary/aromatic N) is 1. The molecule has 1 aliphatic heterocycles. The highest BCUT2D eigenvalue weighted by molar-refractivity contribution is 5.03. The molecule has 0 aromatic carbocycles. The van der Waals surface area contributed by atoms with E-state index >= 15 is 0 Å². The van der Waals surface area contributed by atoms with Gasteiger partial charge in [0.05, 0.1) is 6.61 Å². The summed E-state index contributed by atoms with van der Waals surface area (Å²) in [7, 11) is 0. The summed E-state index contributed by atoms with van der Waals surface area (Å²) in [5, 5.41) is 3.78. The monoisotopic (exact) mass is 282 g/mol. The summed E-state index contributed by atoms with van der Waals surface area (Å²) in [6.07, 6.45) is 9.37. The van der Waals surface area contributed by atoms with Gasteiger partial charge in [0.15, 0.2) is 0 Å². The minimum atomic E-state index is 0.242. The van der Waals surface area contributed by atoms with E-state index < -0.39 is 0 Å². The van der Waals surface area contributed by atoms with E-state index in [1.54, 1.807) is 0 Å². The Morgan fingerprint density at radius 2 is 1.85 bits per heavy atom. The van der Waals surface area contributed by atoms with Crippen LogP contribution in [0.5, 0.6) is 0 Å². The van der Waals surface area contributed by atoms with Gasteiger partial charge < -0.3 is 10.1 Å². The molecule has 3 nitrogen and oxygen atoms in total. The standard InChI is InChI=1S/C17H34N2O/c1-4-5-12-20-13-11-19-15-16(2,3)18-14-17(19)9-7-6-8-10-17/h18H,4-15H2,1-3H3. The number of rotatable bonds is 6. The fraction of sp³-hybridized carbons (Fsp3) is 1.00. The number of hydrogen-bond acceptors (Lipinski definition) is 3. The number of unbranched alkanes of at least 4 members (excludes halogenated alkanes) is 1. The molecule has 1 spiro atoms. The normalized spacial score (nSPS) is 25.9. The summed E-state index contributed by atoms with van der Waals surface area (Å²) in [6, 6.07) is 0. The van der Waals surface area contributed by atoms with Gasteiger partial charge in [-0.2, -0.15) is 0 Å². The van der Waals surface area contributed by atoms with Crippen LogP contribution in [0.3, 0.4) is 0 Å². The molecule has 3 heteroatoms. The van der Waals surface area contributed by atoms with Gasteiger partial charge in [-0.3, -0.25) is 4.90 Å². The first kappa shape index (κ1) is 16.3. The summed E-state index contributed by atoms with van der Waals surface area (Å²) < 4.78 is 5.82. The van der Waals surface area contributed by atoms with Crippen LogP contribution in [0.25, 0.3) is 0 Å². The number of nitrogens with one attached hydrogen (secondary N) is 1. The lowest BCUT2D eigenvalue weighted by molar-refractivity contribution is -0.0276. The van der Waals surface area contributed by atoms with Crippen molar-refractivity contribution in [1.29, 1.82) is 0 Å². The smallest absolute Gasteiger partial charge is 0.0593 e. The van der Waals surface area contributed by atoms with Gasteiger partial charge in [0.2, 0.25) is 0 Å². The van der Waals surface area contributed by atoms with Crippen LogP contribution < -0.4 is 5.32 Å². The maximum Gasteiger partial charge on any atom is 0.0593 e. The van der Waals surface area contributed by atoms with E-state index in [9.17, 15) is 0 Å². The summed E-state index contributed by atoms with van der Waals surface area (Å²) >= 11 is 0. The van der Waals surface area contributed by atoms with Crippen LogP contribution in [0.4, 0.5) is 0 Å². The molecule has 20 heavy (non-hydrogen) atoms. The van der Waals surface area contributed by atoms with E-state index in [4.69, 9.17) is 4.74 Å². The maximum atomic E-state index is 5.82. The van der Waals surface area contributed by atoms with Crippen molar-refractivity contribution in [2.24, 2.45) is 0 Å². The topological polar surface area (TPSA) is 24.5 Å². The summed E-state index contributed by atoms with van der Waals surface area (Å²) in [6.45, 7) is 12.1. The molecular weight excluding hydrogens is 248 g/mol. The predicted octanol–water partition coefficient (Wildman–Crippen LogP) is 3.19. The number of piperazine rings is 1. The second kappa shape index (κ2) is 7.24. The van der Waals surface area contributed by atoms with Crippen molar-refractivity contribution < 1.29 is 4.74 Å². The van der Waals surface area contributed by atoms with Gasteiger partial charge in [0, 0.05) is 37.3 Å². The average molecular weight is 282 g/mol. The molecule has 0 atom stereocenters. The van der Waals surface area contributed by atoms with Crippen LogP contribution in [-0.2, 0) is 4.74 Å². The van der Waals surface area contributed by atoms with Gasteiger partial charge in [0.25, 0.3) is 0 Å².